The molecular weight excluding hydrogens is 334 g/mol. The highest BCUT2D eigenvalue weighted by atomic mass is 16.6. The molecule has 2 aromatic heterocycles. The maximum atomic E-state index is 11.9. The molecule has 0 saturated carbocycles. The average Bonchev–Trinajstić information content (AvgIpc) is 2.95. The molecule has 0 bridgehead atoms. The van der Waals surface area contributed by atoms with Gasteiger partial charge >= 0.3 is 6.09 Å². The SMILES string of the molecule is CC(C)(C)OC(=O)NC1CCN(c2cc(O)cn3ncc(C#N)c23)CC1. The summed E-state index contributed by atoms with van der Waals surface area (Å²) >= 11 is 0. The number of aromatic hydroxyl groups is 1. The summed E-state index contributed by atoms with van der Waals surface area (Å²) < 4.78 is 6.82. The molecular formula is C18H23N5O3. The summed E-state index contributed by atoms with van der Waals surface area (Å²) in [6.45, 7) is 6.88. The molecule has 138 valence electrons. The number of ether oxygens (including phenoxy) is 1. The van der Waals surface area contributed by atoms with E-state index in [0.717, 1.165) is 18.5 Å². The van der Waals surface area contributed by atoms with Crippen LogP contribution in [0.5, 0.6) is 5.75 Å². The van der Waals surface area contributed by atoms with Crippen LogP contribution in [-0.4, -0.2) is 45.5 Å². The van der Waals surface area contributed by atoms with Gasteiger partial charge in [-0.15, -0.1) is 0 Å². The summed E-state index contributed by atoms with van der Waals surface area (Å²) in [6, 6.07) is 3.83. The maximum absolute atomic E-state index is 11.9. The van der Waals surface area contributed by atoms with Crippen LogP contribution in [0.2, 0.25) is 0 Å². The van der Waals surface area contributed by atoms with Crippen molar-refractivity contribution in [3.05, 3.63) is 24.0 Å². The van der Waals surface area contributed by atoms with Crippen molar-refractivity contribution < 1.29 is 14.6 Å². The van der Waals surface area contributed by atoms with Gasteiger partial charge in [-0.25, -0.2) is 9.31 Å². The summed E-state index contributed by atoms with van der Waals surface area (Å²) in [4.78, 5) is 14.0. The predicted octanol–water partition coefficient (Wildman–Crippen LogP) is 2.41. The van der Waals surface area contributed by atoms with E-state index >= 15 is 0 Å². The molecule has 0 aliphatic carbocycles. The van der Waals surface area contributed by atoms with Crippen LogP contribution in [0.1, 0.15) is 39.2 Å². The van der Waals surface area contributed by atoms with E-state index in [1.165, 1.54) is 16.9 Å². The number of hydrogen-bond donors (Lipinski definition) is 2. The topological polar surface area (TPSA) is 103 Å². The molecule has 2 N–H and O–H groups in total. The van der Waals surface area contributed by atoms with Crippen LogP contribution >= 0.6 is 0 Å². The van der Waals surface area contributed by atoms with Gasteiger partial charge in [-0.1, -0.05) is 0 Å². The highest BCUT2D eigenvalue weighted by molar-refractivity contribution is 5.80. The van der Waals surface area contributed by atoms with Gasteiger partial charge in [0, 0.05) is 25.2 Å². The van der Waals surface area contributed by atoms with Gasteiger partial charge < -0.3 is 20.1 Å². The van der Waals surface area contributed by atoms with Gasteiger partial charge in [0.15, 0.2) is 0 Å². The summed E-state index contributed by atoms with van der Waals surface area (Å²) in [5.41, 5.74) is 1.40. The smallest absolute Gasteiger partial charge is 0.407 e. The van der Waals surface area contributed by atoms with Gasteiger partial charge in [-0.3, -0.25) is 0 Å². The van der Waals surface area contributed by atoms with Gasteiger partial charge in [-0.2, -0.15) is 10.4 Å². The molecule has 0 atom stereocenters. The van der Waals surface area contributed by atoms with E-state index in [1.54, 1.807) is 6.07 Å². The van der Waals surface area contributed by atoms with Gasteiger partial charge in [0.25, 0.3) is 0 Å². The molecule has 0 radical (unpaired) electrons. The number of nitriles is 1. The molecule has 1 saturated heterocycles. The Balaban J connectivity index is 1.71. The zero-order chi connectivity index (χ0) is 18.9. The summed E-state index contributed by atoms with van der Waals surface area (Å²) in [6.07, 6.45) is 4.07. The molecule has 0 spiro atoms. The number of carbonyl (C=O) groups excluding carboxylic acids is 1. The van der Waals surface area contributed by atoms with E-state index in [1.807, 2.05) is 20.8 Å². The zero-order valence-electron chi connectivity index (χ0n) is 15.2. The second-order valence-corrected chi connectivity index (χ2v) is 7.45. The Kier molecular flexibility index (Phi) is 4.64. The lowest BCUT2D eigenvalue weighted by Crippen LogP contribution is -2.46. The number of pyridine rings is 1. The second-order valence-electron chi connectivity index (χ2n) is 7.45. The zero-order valence-corrected chi connectivity index (χ0v) is 15.2. The molecule has 2 aromatic rings. The minimum atomic E-state index is -0.520. The van der Waals surface area contributed by atoms with Gasteiger partial charge in [0.1, 0.15) is 22.9 Å². The summed E-state index contributed by atoms with van der Waals surface area (Å²) in [5.74, 6) is 0.0918. The Morgan fingerprint density at radius 1 is 1.42 bits per heavy atom. The van der Waals surface area contributed by atoms with E-state index in [0.29, 0.717) is 24.2 Å². The number of carbonyl (C=O) groups is 1. The third kappa shape index (κ3) is 3.82. The number of alkyl carbamates (subject to hydrolysis) is 1. The van der Waals surface area contributed by atoms with E-state index in [-0.39, 0.29) is 11.8 Å². The van der Waals surface area contributed by atoms with Crippen LogP contribution in [0.15, 0.2) is 18.5 Å². The van der Waals surface area contributed by atoms with E-state index in [2.05, 4.69) is 21.4 Å². The van der Waals surface area contributed by atoms with Crippen molar-refractivity contribution in [2.24, 2.45) is 0 Å². The number of fused-ring (bicyclic) bond motifs is 1. The van der Waals surface area contributed by atoms with Crippen molar-refractivity contribution in [1.82, 2.24) is 14.9 Å². The first kappa shape index (κ1) is 17.9. The van der Waals surface area contributed by atoms with Crippen molar-refractivity contribution in [3.63, 3.8) is 0 Å². The quantitative estimate of drug-likeness (QED) is 0.855. The Bertz CT molecular complexity index is 854. The van der Waals surface area contributed by atoms with Crippen LogP contribution in [0.4, 0.5) is 10.5 Å². The largest absolute Gasteiger partial charge is 0.506 e. The van der Waals surface area contributed by atoms with Crippen LogP contribution in [0.25, 0.3) is 5.52 Å². The van der Waals surface area contributed by atoms with Crippen molar-refractivity contribution in [2.75, 3.05) is 18.0 Å². The fourth-order valence-electron chi connectivity index (χ4n) is 3.15. The van der Waals surface area contributed by atoms with Crippen molar-refractivity contribution in [3.8, 4) is 11.8 Å². The standard InChI is InChI=1S/C18H23N5O3/c1-18(2,3)26-17(25)21-13-4-6-22(7-5-13)15-8-14(24)11-23-16(15)12(9-19)10-20-23/h8,10-11,13,24H,4-7H2,1-3H3,(H,21,25). The van der Waals surface area contributed by atoms with Gasteiger partial charge in [-0.05, 0) is 33.6 Å². The first-order valence-electron chi connectivity index (χ1n) is 8.62. The van der Waals surface area contributed by atoms with Crippen molar-refractivity contribution in [2.45, 2.75) is 45.3 Å². The molecule has 0 unspecified atom stereocenters. The van der Waals surface area contributed by atoms with Crippen molar-refractivity contribution in [1.29, 1.82) is 5.26 Å². The van der Waals surface area contributed by atoms with Crippen LogP contribution < -0.4 is 10.2 Å². The molecule has 26 heavy (non-hydrogen) atoms. The third-order valence-corrected chi connectivity index (χ3v) is 4.25. The number of nitrogens with one attached hydrogen (secondary N) is 1. The van der Waals surface area contributed by atoms with E-state index in [9.17, 15) is 15.2 Å². The van der Waals surface area contributed by atoms with E-state index in [4.69, 9.17) is 4.74 Å². The number of nitrogens with zero attached hydrogens (tertiary/aromatic N) is 4. The molecule has 3 rings (SSSR count). The monoisotopic (exact) mass is 357 g/mol. The minimum absolute atomic E-state index is 0.0368. The molecule has 3 heterocycles. The number of rotatable bonds is 2. The fourth-order valence-corrected chi connectivity index (χ4v) is 3.15. The molecule has 8 nitrogen and oxygen atoms in total. The fraction of sp³-hybridized carbons (Fsp3) is 0.500. The first-order chi connectivity index (χ1) is 12.3. The summed E-state index contributed by atoms with van der Waals surface area (Å²) in [7, 11) is 0. The summed E-state index contributed by atoms with van der Waals surface area (Å²) in [5, 5.41) is 26.3. The minimum Gasteiger partial charge on any atom is -0.506 e. The molecule has 0 aromatic carbocycles. The maximum Gasteiger partial charge on any atom is 0.407 e. The Labute approximate surface area is 152 Å². The Hall–Kier alpha value is -2.95. The first-order valence-corrected chi connectivity index (χ1v) is 8.62. The number of piperidine rings is 1. The molecule has 8 heteroatoms. The lowest BCUT2D eigenvalue weighted by atomic mass is 10.0. The number of aromatic nitrogens is 2. The van der Waals surface area contributed by atoms with Crippen LogP contribution in [0, 0.1) is 11.3 Å². The van der Waals surface area contributed by atoms with Crippen molar-refractivity contribution >= 4 is 17.3 Å². The lowest BCUT2D eigenvalue weighted by Gasteiger charge is -2.34. The normalized spacial score (nSPS) is 15.7. The number of anilines is 1. The number of hydrogen-bond acceptors (Lipinski definition) is 6. The molecule has 1 fully saturated rings. The van der Waals surface area contributed by atoms with Crippen LogP contribution in [0.3, 0.4) is 0 Å². The third-order valence-electron chi connectivity index (χ3n) is 4.25. The van der Waals surface area contributed by atoms with E-state index < -0.39 is 11.7 Å². The Morgan fingerprint density at radius 3 is 2.73 bits per heavy atom. The average molecular weight is 357 g/mol. The lowest BCUT2D eigenvalue weighted by molar-refractivity contribution is 0.0497. The van der Waals surface area contributed by atoms with Gasteiger partial charge in [0.05, 0.1) is 23.6 Å². The molecule has 1 aliphatic rings. The predicted molar refractivity (Wildman–Crippen MR) is 96.2 cm³/mol. The second kappa shape index (κ2) is 6.75. The highest BCUT2D eigenvalue weighted by Crippen LogP contribution is 2.30. The Morgan fingerprint density at radius 2 is 2.12 bits per heavy atom. The highest BCUT2D eigenvalue weighted by Gasteiger charge is 2.25. The number of amides is 1. The molecule has 1 amide bonds. The van der Waals surface area contributed by atoms with Crippen LogP contribution in [-0.2, 0) is 4.74 Å². The van der Waals surface area contributed by atoms with Gasteiger partial charge in [0.2, 0.25) is 0 Å². The molecule has 1 aliphatic heterocycles.